The molecule has 0 aliphatic heterocycles. The largest absolute Gasteiger partial charge is 2.00 e. The molecule has 0 unspecified atom stereocenters. The van der Waals surface area contributed by atoms with E-state index in [4.69, 9.17) is 40.5 Å². The van der Waals surface area contributed by atoms with E-state index in [-0.39, 0.29) is 23.5 Å². The van der Waals surface area contributed by atoms with E-state index in [1.165, 1.54) is 0 Å². The minimum absolute atomic E-state index is 0. The van der Waals surface area contributed by atoms with Crippen LogP contribution in [0.2, 0.25) is 0 Å². The van der Waals surface area contributed by atoms with Gasteiger partial charge in [0.05, 0.1) is 10.2 Å². The first-order valence-electron chi connectivity index (χ1n) is 1.59. The van der Waals surface area contributed by atoms with Gasteiger partial charge in [0.25, 0.3) is 6.47 Å². The van der Waals surface area contributed by atoms with E-state index in [0.29, 0.717) is 0 Å². The molecule has 0 spiro atoms. The minimum atomic E-state index is -1.75. The molecule has 0 aliphatic carbocycles. The maximum Gasteiger partial charge on any atom is 2.00 e. The monoisotopic (exact) mass is 233 g/mol. The summed E-state index contributed by atoms with van der Waals surface area (Å²) in [7, 11) is 0. The van der Waals surface area contributed by atoms with Crippen LogP contribution in [0, 0.1) is 30.6 Å². The molecule has 75 valence electrons. The van der Waals surface area contributed by atoms with Gasteiger partial charge in [0.2, 0.25) is 0 Å². The van der Waals surface area contributed by atoms with Gasteiger partial charge in [-0.25, -0.2) is 0 Å². The second-order valence-electron chi connectivity index (χ2n) is 0.553. The summed E-state index contributed by atoms with van der Waals surface area (Å²) in [5.41, 5.74) is 0. The molecule has 0 bridgehead atoms. The minimum Gasteiger partial charge on any atom is -0.483 e. The SMILES string of the molecule is O=CO.O=[N+]([O-])[O-].O=[N+]([O-])[O-].[Cu+2]. The third-order valence-electron chi connectivity index (χ3n) is 0. The molecule has 12 heavy (non-hydrogen) atoms. The van der Waals surface area contributed by atoms with Crippen molar-refractivity contribution in [2.75, 3.05) is 0 Å². The van der Waals surface area contributed by atoms with Gasteiger partial charge in [-0.1, -0.05) is 0 Å². The van der Waals surface area contributed by atoms with Gasteiger partial charge < -0.3 is 35.7 Å². The van der Waals surface area contributed by atoms with Gasteiger partial charge >= 0.3 is 17.1 Å². The Bertz CT molecular complexity index is 104. The van der Waals surface area contributed by atoms with Crippen molar-refractivity contribution in [1.82, 2.24) is 0 Å². The van der Waals surface area contributed by atoms with Crippen molar-refractivity contribution < 1.29 is 37.1 Å². The number of hydrogen-bond acceptors (Lipinski definition) is 7. The fourth-order valence-corrected chi connectivity index (χ4v) is 0. The molecule has 0 fully saturated rings. The summed E-state index contributed by atoms with van der Waals surface area (Å²) in [6.45, 7) is -0.250. The van der Waals surface area contributed by atoms with Crippen LogP contribution >= 0.6 is 0 Å². The van der Waals surface area contributed by atoms with Gasteiger partial charge in [-0.3, -0.25) is 4.79 Å². The average molecular weight is 234 g/mol. The van der Waals surface area contributed by atoms with E-state index in [1.807, 2.05) is 0 Å². The van der Waals surface area contributed by atoms with E-state index in [0.717, 1.165) is 0 Å². The molecule has 0 aliphatic rings. The molecule has 0 aromatic rings. The van der Waals surface area contributed by atoms with E-state index >= 15 is 0 Å². The van der Waals surface area contributed by atoms with E-state index in [1.54, 1.807) is 0 Å². The Morgan fingerprint density at radius 2 is 1.00 bits per heavy atom. The fraction of sp³-hybridized carbons (Fsp3) is 0. The second-order valence-corrected chi connectivity index (χ2v) is 0.553. The maximum absolute atomic E-state index is 8.36. The molecule has 1 radical (unpaired) electrons. The number of carbonyl (C=O) groups is 1. The summed E-state index contributed by atoms with van der Waals surface area (Å²) in [5.74, 6) is 0. The summed E-state index contributed by atoms with van der Waals surface area (Å²) in [6.07, 6.45) is 0. The van der Waals surface area contributed by atoms with E-state index < -0.39 is 10.2 Å². The van der Waals surface area contributed by atoms with Gasteiger partial charge in [0.1, 0.15) is 0 Å². The molecule has 0 rings (SSSR count). The average Bonchev–Trinajstić information content (AvgIpc) is 1.60. The Morgan fingerprint density at radius 3 is 1.00 bits per heavy atom. The summed E-state index contributed by atoms with van der Waals surface area (Å²) < 4.78 is 0. The Balaban J connectivity index is -0.0000000389. The third-order valence-corrected chi connectivity index (χ3v) is 0. The Kier molecular flexibility index (Phi) is 42.5. The Morgan fingerprint density at radius 1 is 1.00 bits per heavy atom. The summed E-state index contributed by atoms with van der Waals surface area (Å²) in [5, 5.41) is 36.4. The number of carboxylic acid groups (broad SMARTS) is 1. The zero-order chi connectivity index (χ0) is 9.86. The normalized spacial score (nSPS) is 5.00. The molecule has 0 saturated carbocycles. The molecule has 0 aromatic carbocycles. The van der Waals surface area contributed by atoms with Crippen molar-refractivity contribution in [3.8, 4) is 0 Å². The maximum atomic E-state index is 8.36. The standard InChI is InChI=1S/CH2O2.Cu.2NO3/c2-1-3;;2*2-1(3)4/h1H,(H,2,3);;;/q;+2;2*-1. The molecule has 10 nitrogen and oxygen atoms in total. The van der Waals surface area contributed by atoms with Crippen LogP contribution in [0.4, 0.5) is 0 Å². The van der Waals surface area contributed by atoms with Crippen LogP contribution in [0.15, 0.2) is 0 Å². The molecular weight excluding hydrogens is 232 g/mol. The van der Waals surface area contributed by atoms with Crippen molar-refractivity contribution in [2.24, 2.45) is 0 Å². The first-order valence-corrected chi connectivity index (χ1v) is 1.59. The summed E-state index contributed by atoms with van der Waals surface area (Å²) >= 11 is 0. The van der Waals surface area contributed by atoms with Gasteiger partial charge in [-0.05, 0) is 0 Å². The second kappa shape index (κ2) is 22.8. The number of hydrogen-bond donors (Lipinski definition) is 1. The molecular formula is CH2CuN2O8. The number of rotatable bonds is 0. The van der Waals surface area contributed by atoms with Crippen LogP contribution in [-0.4, -0.2) is 21.8 Å². The number of nitrogens with zero attached hydrogens (tertiary/aromatic N) is 2. The van der Waals surface area contributed by atoms with Gasteiger partial charge in [-0.15, -0.1) is 0 Å². The van der Waals surface area contributed by atoms with Crippen molar-refractivity contribution in [2.45, 2.75) is 0 Å². The van der Waals surface area contributed by atoms with Gasteiger partial charge in [0, 0.05) is 0 Å². The van der Waals surface area contributed by atoms with Crippen LogP contribution in [-0.2, 0) is 21.9 Å². The Labute approximate surface area is 75.1 Å². The zero-order valence-corrected chi connectivity index (χ0v) is 6.02. The third kappa shape index (κ3) is 177. The molecule has 0 atom stereocenters. The van der Waals surface area contributed by atoms with Crippen molar-refractivity contribution >= 4 is 6.47 Å². The van der Waals surface area contributed by atoms with Gasteiger partial charge in [-0.2, -0.15) is 0 Å². The quantitative estimate of drug-likeness (QED) is 0.246. The van der Waals surface area contributed by atoms with E-state index in [9.17, 15) is 0 Å². The van der Waals surface area contributed by atoms with Crippen LogP contribution in [0.1, 0.15) is 0 Å². The van der Waals surface area contributed by atoms with Crippen LogP contribution in [0.5, 0.6) is 0 Å². The first kappa shape index (κ1) is 22.4. The summed E-state index contributed by atoms with van der Waals surface area (Å²) in [6, 6.07) is 0. The molecule has 0 heterocycles. The van der Waals surface area contributed by atoms with Crippen LogP contribution in [0.25, 0.3) is 0 Å². The predicted octanol–water partition coefficient (Wildman–Crippen LogP) is -0.780. The van der Waals surface area contributed by atoms with Crippen LogP contribution in [0.3, 0.4) is 0 Å². The smallest absolute Gasteiger partial charge is 0.483 e. The first-order chi connectivity index (χ1) is 4.88. The van der Waals surface area contributed by atoms with Crippen molar-refractivity contribution in [3.63, 3.8) is 0 Å². The van der Waals surface area contributed by atoms with Crippen molar-refractivity contribution in [3.05, 3.63) is 30.6 Å². The van der Waals surface area contributed by atoms with E-state index in [2.05, 4.69) is 0 Å². The molecule has 11 heteroatoms. The molecule has 0 aromatic heterocycles. The molecule has 0 amide bonds. The van der Waals surface area contributed by atoms with Crippen LogP contribution < -0.4 is 0 Å². The zero-order valence-electron chi connectivity index (χ0n) is 5.08. The van der Waals surface area contributed by atoms with Gasteiger partial charge in [0.15, 0.2) is 0 Å². The summed E-state index contributed by atoms with van der Waals surface area (Å²) in [4.78, 5) is 24.9. The topological polar surface area (TPSA) is 170 Å². The molecule has 0 saturated heterocycles. The Hall–Kier alpha value is -1.61. The molecule has 1 N–H and O–H groups in total. The van der Waals surface area contributed by atoms with Crippen molar-refractivity contribution in [1.29, 1.82) is 0 Å². The predicted molar refractivity (Wildman–Crippen MR) is 29.4 cm³/mol. The fourth-order valence-electron chi connectivity index (χ4n) is 0.